The van der Waals surface area contributed by atoms with Gasteiger partial charge >= 0.3 is 0 Å². The third-order valence-electron chi connectivity index (χ3n) is 3.81. The minimum absolute atomic E-state index is 0.134. The van der Waals surface area contributed by atoms with Crippen molar-refractivity contribution in [1.82, 2.24) is 5.32 Å². The molecule has 0 unspecified atom stereocenters. The first-order chi connectivity index (χ1) is 11.7. The van der Waals surface area contributed by atoms with Crippen molar-refractivity contribution in [3.8, 4) is 5.75 Å². The number of furan rings is 1. The largest absolute Gasteiger partial charge is 0.494 e. The summed E-state index contributed by atoms with van der Waals surface area (Å²) in [6.45, 7) is 4.64. The van der Waals surface area contributed by atoms with E-state index >= 15 is 0 Å². The van der Waals surface area contributed by atoms with Crippen molar-refractivity contribution in [2.24, 2.45) is 0 Å². The zero-order chi connectivity index (χ0) is 16.9. The summed E-state index contributed by atoms with van der Waals surface area (Å²) in [5.41, 5.74) is 1.42. The van der Waals surface area contributed by atoms with Gasteiger partial charge in [0.2, 0.25) is 0 Å². The van der Waals surface area contributed by atoms with Gasteiger partial charge in [0.05, 0.1) is 12.6 Å². The summed E-state index contributed by atoms with van der Waals surface area (Å²) in [4.78, 5) is 12.4. The number of para-hydroxylation sites is 1. The second-order valence-corrected chi connectivity index (χ2v) is 5.75. The van der Waals surface area contributed by atoms with Crippen LogP contribution in [0.25, 0.3) is 11.0 Å². The summed E-state index contributed by atoms with van der Waals surface area (Å²) in [7, 11) is 0. The summed E-state index contributed by atoms with van der Waals surface area (Å²) in [5.74, 6) is 1.39. The summed E-state index contributed by atoms with van der Waals surface area (Å²) in [6, 6.07) is 16.7. The molecule has 0 radical (unpaired) electrons. The monoisotopic (exact) mass is 323 g/mol. The second-order valence-electron chi connectivity index (χ2n) is 5.75. The fraction of sp³-hybridized carbons (Fsp3) is 0.250. The number of benzene rings is 2. The maximum Gasteiger partial charge on any atom is 0.251 e. The number of hydrogen-bond acceptors (Lipinski definition) is 3. The maximum absolute atomic E-state index is 12.4. The van der Waals surface area contributed by atoms with Crippen molar-refractivity contribution < 1.29 is 13.9 Å². The number of hydrogen-bond donors (Lipinski definition) is 1. The lowest BCUT2D eigenvalue weighted by molar-refractivity contribution is 0.0935. The lowest BCUT2D eigenvalue weighted by atomic mass is 10.1. The topological polar surface area (TPSA) is 51.5 Å². The summed E-state index contributed by atoms with van der Waals surface area (Å²) < 4.78 is 11.3. The van der Waals surface area contributed by atoms with Gasteiger partial charge in [0, 0.05) is 10.9 Å². The Hall–Kier alpha value is -2.75. The van der Waals surface area contributed by atoms with Gasteiger partial charge in [0.1, 0.15) is 17.1 Å². The zero-order valence-corrected chi connectivity index (χ0v) is 13.9. The quantitative estimate of drug-likeness (QED) is 0.714. The van der Waals surface area contributed by atoms with Crippen molar-refractivity contribution in [2.45, 2.75) is 26.3 Å². The van der Waals surface area contributed by atoms with E-state index in [2.05, 4.69) is 12.2 Å². The van der Waals surface area contributed by atoms with E-state index in [1.807, 2.05) is 49.4 Å². The molecule has 0 saturated heterocycles. The number of amides is 1. The van der Waals surface area contributed by atoms with Crippen LogP contribution < -0.4 is 10.1 Å². The van der Waals surface area contributed by atoms with Gasteiger partial charge in [-0.15, -0.1) is 0 Å². The Morgan fingerprint density at radius 1 is 1.17 bits per heavy atom. The van der Waals surface area contributed by atoms with Crippen LogP contribution in [0.2, 0.25) is 0 Å². The molecular weight excluding hydrogens is 302 g/mol. The van der Waals surface area contributed by atoms with Crippen LogP contribution in [0.1, 0.15) is 42.4 Å². The molecule has 1 atom stereocenters. The van der Waals surface area contributed by atoms with Gasteiger partial charge in [0.15, 0.2) is 0 Å². The molecule has 1 aromatic heterocycles. The Balaban J connectivity index is 1.67. The summed E-state index contributed by atoms with van der Waals surface area (Å²) in [5, 5.41) is 4.00. The van der Waals surface area contributed by atoms with Crippen LogP contribution in [0.15, 0.2) is 59.0 Å². The molecule has 0 aliphatic rings. The third kappa shape index (κ3) is 3.59. The van der Waals surface area contributed by atoms with E-state index in [0.717, 1.165) is 28.9 Å². The molecule has 0 spiro atoms. The first kappa shape index (κ1) is 16.1. The molecular formula is C20H21NO3. The Morgan fingerprint density at radius 3 is 2.62 bits per heavy atom. The average Bonchev–Trinajstić information content (AvgIpc) is 3.04. The molecule has 1 N–H and O–H groups in total. The molecule has 0 fully saturated rings. The van der Waals surface area contributed by atoms with E-state index in [1.54, 1.807) is 12.1 Å². The molecule has 3 rings (SSSR count). The van der Waals surface area contributed by atoms with Gasteiger partial charge in [0.25, 0.3) is 5.91 Å². The number of carbonyl (C=O) groups is 1. The van der Waals surface area contributed by atoms with Crippen LogP contribution in [-0.2, 0) is 0 Å². The van der Waals surface area contributed by atoms with Crippen molar-refractivity contribution in [3.05, 3.63) is 65.9 Å². The Morgan fingerprint density at radius 2 is 1.92 bits per heavy atom. The molecule has 2 aromatic carbocycles. The van der Waals surface area contributed by atoms with Crippen LogP contribution >= 0.6 is 0 Å². The molecule has 4 heteroatoms. The number of ether oxygens (including phenoxy) is 1. The Bertz CT molecular complexity index is 787. The normalized spacial score (nSPS) is 12.1. The predicted octanol–water partition coefficient (Wildman–Crippen LogP) is 4.71. The first-order valence-corrected chi connectivity index (χ1v) is 8.19. The maximum atomic E-state index is 12.4. The lowest BCUT2D eigenvalue weighted by Crippen LogP contribution is -2.26. The van der Waals surface area contributed by atoms with Gasteiger partial charge in [-0.2, -0.15) is 0 Å². The SMILES string of the molecule is CCCOc1ccc(C(=O)N[C@@H](C)c2cc3ccccc3o2)cc1. The van der Waals surface area contributed by atoms with Crippen molar-refractivity contribution in [1.29, 1.82) is 0 Å². The van der Waals surface area contributed by atoms with Crippen LogP contribution in [-0.4, -0.2) is 12.5 Å². The zero-order valence-electron chi connectivity index (χ0n) is 13.9. The Kier molecular flexibility index (Phi) is 4.85. The van der Waals surface area contributed by atoms with Crippen LogP contribution in [0.4, 0.5) is 0 Å². The van der Waals surface area contributed by atoms with Gasteiger partial charge in [-0.1, -0.05) is 25.1 Å². The predicted molar refractivity (Wildman–Crippen MR) is 94.3 cm³/mol. The van der Waals surface area contributed by atoms with Crippen molar-refractivity contribution in [2.75, 3.05) is 6.61 Å². The number of carbonyl (C=O) groups excluding carboxylic acids is 1. The molecule has 0 saturated carbocycles. The molecule has 1 amide bonds. The number of rotatable bonds is 6. The van der Waals surface area contributed by atoms with Gasteiger partial charge in [-0.05, 0) is 49.7 Å². The van der Waals surface area contributed by atoms with E-state index in [0.29, 0.717) is 12.2 Å². The Labute approximate surface area is 141 Å². The van der Waals surface area contributed by atoms with Crippen molar-refractivity contribution >= 4 is 16.9 Å². The highest BCUT2D eigenvalue weighted by molar-refractivity contribution is 5.94. The summed E-state index contributed by atoms with van der Waals surface area (Å²) >= 11 is 0. The number of fused-ring (bicyclic) bond motifs is 1. The van der Waals surface area contributed by atoms with Gasteiger partial charge in [-0.25, -0.2) is 0 Å². The van der Waals surface area contributed by atoms with Crippen molar-refractivity contribution in [3.63, 3.8) is 0 Å². The molecule has 0 aliphatic heterocycles. The molecule has 4 nitrogen and oxygen atoms in total. The van der Waals surface area contributed by atoms with E-state index in [4.69, 9.17) is 9.15 Å². The van der Waals surface area contributed by atoms with E-state index < -0.39 is 0 Å². The fourth-order valence-corrected chi connectivity index (χ4v) is 2.49. The minimum Gasteiger partial charge on any atom is -0.494 e. The smallest absolute Gasteiger partial charge is 0.251 e. The summed E-state index contributed by atoms with van der Waals surface area (Å²) in [6.07, 6.45) is 0.956. The van der Waals surface area contributed by atoms with E-state index in [-0.39, 0.29) is 11.9 Å². The molecule has 3 aromatic rings. The first-order valence-electron chi connectivity index (χ1n) is 8.19. The lowest BCUT2D eigenvalue weighted by Gasteiger charge is -2.12. The van der Waals surface area contributed by atoms with E-state index in [9.17, 15) is 4.79 Å². The molecule has 1 heterocycles. The second kappa shape index (κ2) is 7.21. The third-order valence-corrected chi connectivity index (χ3v) is 3.81. The van der Waals surface area contributed by atoms with Crippen LogP contribution in [0.5, 0.6) is 5.75 Å². The van der Waals surface area contributed by atoms with Crippen LogP contribution in [0.3, 0.4) is 0 Å². The molecule has 0 aliphatic carbocycles. The minimum atomic E-state index is -0.207. The highest BCUT2D eigenvalue weighted by Gasteiger charge is 2.15. The van der Waals surface area contributed by atoms with Gasteiger partial charge < -0.3 is 14.5 Å². The number of nitrogens with one attached hydrogen (secondary N) is 1. The highest BCUT2D eigenvalue weighted by atomic mass is 16.5. The van der Waals surface area contributed by atoms with Gasteiger partial charge in [-0.3, -0.25) is 4.79 Å². The molecule has 0 bridgehead atoms. The molecule has 24 heavy (non-hydrogen) atoms. The van der Waals surface area contributed by atoms with Crippen LogP contribution in [0, 0.1) is 0 Å². The average molecular weight is 323 g/mol. The van der Waals surface area contributed by atoms with E-state index in [1.165, 1.54) is 0 Å². The molecule has 124 valence electrons. The fourth-order valence-electron chi connectivity index (χ4n) is 2.49. The highest BCUT2D eigenvalue weighted by Crippen LogP contribution is 2.24. The standard InChI is InChI=1S/C20H21NO3/c1-3-12-23-17-10-8-15(9-11-17)20(22)21-14(2)19-13-16-6-4-5-7-18(16)24-19/h4-11,13-14H,3,12H2,1-2H3,(H,21,22)/t14-/m0/s1.